The molecule has 0 spiro atoms. The van der Waals surface area contributed by atoms with Crippen LogP contribution in [0, 0.1) is 0 Å². The van der Waals surface area contributed by atoms with Gasteiger partial charge in [-0.15, -0.1) is 11.8 Å². The molecule has 0 heterocycles. The van der Waals surface area contributed by atoms with Crippen molar-refractivity contribution in [2.24, 2.45) is 0 Å². The molecule has 0 unspecified atom stereocenters. The largest absolute Gasteiger partial charge is 0.352 e. The number of carbonyl (C=O) groups excluding carboxylic acids is 2. The van der Waals surface area contributed by atoms with Gasteiger partial charge < -0.3 is 10.2 Å². The zero-order valence-corrected chi connectivity index (χ0v) is 15.5. The number of nitrogens with one attached hydrogen (secondary N) is 1. The Balaban J connectivity index is 1.86. The van der Waals surface area contributed by atoms with E-state index in [1.165, 1.54) is 11.8 Å². The van der Waals surface area contributed by atoms with E-state index >= 15 is 0 Å². The fraction of sp³-hybridized carbons (Fsp3) is 0.300. The van der Waals surface area contributed by atoms with Crippen LogP contribution >= 0.6 is 11.8 Å². The van der Waals surface area contributed by atoms with E-state index in [9.17, 15) is 9.59 Å². The third-order valence-electron chi connectivity index (χ3n) is 3.63. The topological polar surface area (TPSA) is 49.4 Å². The molecule has 1 amide bonds. The number of carbonyl (C=O) groups is 2. The fourth-order valence-electron chi connectivity index (χ4n) is 2.28. The van der Waals surface area contributed by atoms with E-state index in [-0.39, 0.29) is 11.7 Å². The molecule has 2 aromatic rings. The molecule has 0 aliphatic carbocycles. The van der Waals surface area contributed by atoms with E-state index < -0.39 is 0 Å². The maximum atomic E-state index is 12.2. The maximum absolute atomic E-state index is 12.2. The summed E-state index contributed by atoms with van der Waals surface area (Å²) in [7, 11) is 4.03. The molecule has 0 aliphatic rings. The standard InChI is InChI=1S/C20H24N2O2S/c1-22(2)13-7-12-21-20(24)17-10-6-11-18(14-17)25-15-19(23)16-8-4-3-5-9-16/h3-6,8-11,14H,7,12-13,15H2,1-2H3,(H,21,24). The van der Waals surface area contributed by atoms with Crippen LogP contribution in [-0.2, 0) is 0 Å². The minimum Gasteiger partial charge on any atom is -0.352 e. The first-order valence-corrected chi connectivity index (χ1v) is 9.29. The summed E-state index contributed by atoms with van der Waals surface area (Å²) in [5, 5.41) is 2.93. The van der Waals surface area contributed by atoms with Crippen LogP contribution in [0.4, 0.5) is 0 Å². The van der Waals surface area contributed by atoms with Crippen molar-refractivity contribution in [3.05, 3.63) is 65.7 Å². The van der Waals surface area contributed by atoms with Crippen molar-refractivity contribution in [2.75, 3.05) is 32.9 Å². The number of nitrogens with zero attached hydrogens (tertiary/aromatic N) is 1. The second-order valence-electron chi connectivity index (χ2n) is 6.02. The zero-order valence-electron chi connectivity index (χ0n) is 14.7. The monoisotopic (exact) mass is 356 g/mol. The Bertz CT molecular complexity index is 702. The van der Waals surface area contributed by atoms with Gasteiger partial charge >= 0.3 is 0 Å². The van der Waals surface area contributed by atoms with Crippen molar-refractivity contribution in [1.82, 2.24) is 10.2 Å². The predicted octanol–water partition coefficient (Wildman–Crippen LogP) is 3.34. The van der Waals surface area contributed by atoms with Crippen LogP contribution in [0.3, 0.4) is 0 Å². The minimum absolute atomic E-state index is 0.0735. The summed E-state index contributed by atoms with van der Waals surface area (Å²) >= 11 is 1.45. The van der Waals surface area contributed by atoms with Crippen molar-refractivity contribution in [3.63, 3.8) is 0 Å². The smallest absolute Gasteiger partial charge is 0.251 e. The molecule has 132 valence electrons. The lowest BCUT2D eigenvalue weighted by atomic mass is 10.2. The SMILES string of the molecule is CN(C)CCCNC(=O)c1cccc(SCC(=O)c2ccccc2)c1. The van der Waals surface area contributed by atoms with Crippen LogP contribution in [-0.4, -0.2) is 49.5 Å². The molecule has 0 aliphatic heterocycles. The molecular weight excluding hydrogens is 332 g/mol. The van der Waals surface area contributed by atoms with Crippen molar-refractivity contribution in [1.29, 1.82) is 0 Å². The highest BCUT2D eigenvalue weighted by Crippen LogP contribution is 2.20. The van der Waals surface area contributed by atoms with E-state index in [2.05, 4.69) is 10.2 Å². The lowest BCUT2D eigenvalue weighted by molar-refractivity contribution is 0.0951. The number of amides is 1. The van der Waals surface area contributed by atoms with Gasteiger partial charge in [0.05, 0.1) is 5.75 Å². The zero-order chi connectivity index (χ0) is 18.1. The van der Waals surface area contributed by atoms with E-state index in [0.29, 0.717) is 23.4 Å². The van der Waals surface area contributed by atoms with Gasteiger partial charge in [-0.1, -0.05) is 36.4 Å². The van der Waals surface area contributed by atoms with Crippen molar-refractivity contribution in [2.45, 2.75) is 11.3 Å². The Labute approximate surface area is 153 Å². The minimum atomic E-state index is -0.0735. The number of hydrogen-bond donors (Lipinski definition) is 1. The molecule has 1 N–H and O–H groups in total. The fourth-order valence-corrected chi connectivity index (χ4v) is 3.13. The third-order valence-corrected chi connectivity index (χ3v) is 4.62. The number of rotatable bonds is 9. The third kappa shape index (κ3) is 6.72. The summed E-state index contributed by atoms with van der Waals surface area (Å²) < 4.78 is 0. The Morgan fingerprint density at radius 1 is 1.00 bits per heavy atom. The van der Waals surface area contributed by atoms with Crippen LogP contribution < -0.4 is 5.32 Å². The molecule has 0 saturated carbocycles. The Morgan fingerprint density at radius 3 is 2.44 bits per heavy atom. The van der Waals surface area contributed by atoms with E-state index in [1.807, 2.05) is 62.6 Å². The normalized spacial score (nSPS) is 10.7. The molecule has 0 atom stereocenters. The van der Waals surface area contributed by atoms with Crippen LogP contribution in [0.5, 0.6) is 0 Å². The van der Waals surface area contributed by atoms with Crippen LogP contribution in [0.1, 0.15) is 27.1 Å². The molecule has 2 rings (SSSR count). The van der Waals surface area contributed by atoms with Crippen molar-refractivity contribution >= 4 is 23.5 Å². The van der Waals surface area contributed by atoms with Gasteiger partial charge in [0.2, 0.25) is 0 Å². The van der Waals surface area contributed by atoms with Crippen LogP contribution in [0.2, 0.25) is 0 Å². The Kier molecular flexibility index (Phi) is 7.70. The van der Waals surface area contributed by atoms with E-state index in [0.717, 1.165) is 17.9 Å². The second kappa shape index (κ2) is 10.0. The summed E-state index contributed by atoms with van der Waals surface area (Å²) in [6, 6.07) is 16.7. The average Bonchev–Trinajstić information content (AvgIpc) is 2.64. The van der Waals surface area contributed by atoms with Gasteiger partial charge in [-0.25, -0.2) is 0 Å². The highest BCUT2D eigenvalue weighted by molar-refractivity contribution is 8.00. The highest BCUT2D eigenvalue weighted by atomic mass is 32.2. The van der Waals surface area contributed by atoms with Gasteiger partial charge in [-0.2, -0.15) is 0 Å². The maximum Gasteiger partial charge on any atom is 0.251 e. The lowest BCUT2D eigenvalue weighted by Crippen LogP contribution is -2.27. The quantitative estimate of drug-likeness (QED) is 0.425. The first-order valence-electron chi connectivity index (χ1n) is 8.30. The highest BCUT2D eigenvalue weighted by Gasteiger charge is 2.09. The summed E-state index contributed by atoms with van der Waals surface area (Å²) in [5.74, 6) is 0.373. The van der Waals surface area contributed by atoms with Gasteiger partial charge in [0, 0.05) is 22.6 Å². The molecule has 0 saturated heterocycles. The Hall–Kier alpha value is -2.11. The summed E-state index contributed by atoms with van der Waals surface area (Å²) in [5.41, 5.74) is 1.34. The Morgan fingerprint density at radius 2 is 1.72 bits per heavy atom. The number of hydrogen-bond acceptors (Lipinski definition) is 4. The molecule has 5 heteroatoms. The predicted molar refractivity (Wildman–Crippen MR) is 103 cm³/mol. The molecular formula is C20H24N2O2S. The number of Topliss-reactive ketones (excluding diaryl/α,β-unsaturated/α-hetero) is 1. The van der Waals surface area contributed by atoms with E-state index in [4.69, 9.17) is 0 Å². The molecule has 0 aromatic heterocycles. The van der Waals surface area contributed by atoms with Gasteiger partial charge in [0.15, 0.2) is 5.78 Å². The van der Waals surface area contributed by atoms with Gasteiger partial charge in [0.25, 0.3) is 5.91 Å². The molecule has 25 heavy (non-hydrogen) atoms. The number of thioether (sulfide) groups is 1. The van der Waals surface area contributed by atoms with Gasteiger partial charge in [0.1, 0.15) is 0 Å². The van der Waals surface area contributed by atoms with Gasteiger partial charge in [-0.3, -0.25) is 9.59 Å². The van der Waals surface area contributed by atoms with Crippen LogP contribution in [0.15, 0.2) is 59.5 Å². The first-order chi connectivity index (χ1) is 12.1. The first kappa shape index (κ1) is 19.2. The molecule has 0 radical (unpaired) electrons. The summed E-state index contributed by atoms with van der Waals surface area (Å²) in [6.45, 7) is 1.60. The summed E-state index contributed by atoms with van der Waals surface area (Å²) in [4.78, 5) is 27.4. The molecule has 0 fully saturated rings. The van der Waals surface area contributed by atoms with Crippen molar-refractivity contribution in [3.8, 4) is 0 Å². The molecule has 2 aromatic carbocycles. The number of ketones is 1. The second-order valence-corrected chi connectivity index (χ2v) is 7.07. The summed E-state index contributed by atoms with van der Waals surface area (Å²) in [6.07, 6.45) is 0.915. The number of benzene rings is 2. The molecule has 0 bridgehead atoms. The lowest BCUT2D eigenvalue weighted by Gasteiger charge is -2.10. The van der Waals surface area contributed by atoms with E-state index in [1.54, 1.807) is 6.07 Å². The van der Waals surface area contributed by atoms with Crippen LogP contribution in [0.25, 0.3) is 0 Å². The molecule has 4 nitrogen and oxygen atoms in total. The van der Waals surface area contributed by atoms with Crippen molar-refractivity contribution < 1.29 is 9.59 Å². The average molecular weight is 356 g/mol. The van der Waals surface area contributed by atoms with Gasteiger partial charge in [-0.05, 0) is 45.3 Å².